The Morgan fingerprint density at radius 1 is 1.47 bits per heavy atom. The molecule has 1 aromatic heterocycles. The molecule has 1 aromatic rings. The Morgan fingerprint density at radius 3 is 3.00 bits per heavy atom. The summed E-state index contributed by atoms with van der Waals surface area (Å²) in [5.41, 5.74) is 6.19. The molecule has 5 heteroatoms. The van der Waals surface area contributed by atoms with Crippen LogP contribution in [0.1, 0.15) is 6.42 Å². The highest BCUT2D eigenvalue weighted by atomic mass is 16.5. The Morgan fingerprint density at radius 2 is 2.29 bits per heavy atom. The van der Waals surface area contributed by atoms with Gasteiger partial charge in [0.25, 0.3) is 0 Å². The van der Waals surface area contributed by atoms with Gasteiger partial charge in [0.05, 0.1) is 26.0 Å². The summed E-state index contributed by atoms with van der Waals surface area (Å²) in [5, 5.41) is 3.13. The minimum absolute atomic E-state index is 0.433. The molecule has 1 heterocycles. The van der Waals surface area contributed by atoms with Crippen LogP contribution in [-0.2, 0) is 4.74 Å². The maximum atomic E-state index is 5.66. The molecule has 0 aliphatic carbocycles. The number of aromatic nitrogens is 1. The van der Waals surface area contributed by atoms with Crippen LogP contribution in [0, 0.1) is 0 Å². The summed E-state index contributed by atoms with van der Waals surface area (Å²) in [4.78, 5) is 4.19. The molecule has 0 aliphatic heterocycles. The molecule has 0 aliphatic rings. The normalized spacial score (nSPS) is 9.94. The van der Waals surface area contributed by atoms with Gasteiger partial charge in [-0.2, -0.15) is 4.98 Å². The zero-order valence-corrected chi connectivity index (χ0v) is 10.1. The molecule has 0 saturated heterocycles. The number of rotatable bonds is 8. The minimum atomic E-state index is 0.433. The van der Waals surface area contributed by atoms with E-state index in [-0.39, 0.29) is 0 Å². The highest BCUT2D eigenvalue weighted by Gasteiger charge is 2.01. The molecule has 0 saturated carbocycles. The fourth-order valence-electron chi connectivity index (χ4n) is 1.23. The number of nitrogens with one attached hydrogen (secondary N) is 1. The van der Waals surface area contributed by atoms with Gasteiger partial charge in [-0.25, -0.2) is 0 Å². The van der Waals surface area contributed by atoms with Gasteiger partial charge < -0.3 is 20.5 Å². The minimum Gasteiger partial charge on any atom is -0.479 e. The van der Waals surface area contributed by atoms with E-state index < -0.39 is 0 Å². The highest BCUT2D eigenvalue weighted by molar-refractivity contribution is 5.53. The van der Waals surface area contributed by atoms with Crippen LogP contribution in [0.3, 0.4) is 0 Å². The van der Waals surface area contributed by atoms with E-state index in [4.69, 9.17) is 15.2 Å². The summed E-state index contributed by atoms with van der Waals surface area (Å²) in [5.74, 6) is 1.16. The molecule has 0 amide bonds. The van der Waals surface area contributed by atoms with Crippen molar-refractivity contribution in [1.82, 2.24) is 4.98 Å². The molecule has 0 spiro atoms. The number of pyridine rings is 1. The largest absolute Gasteiger partial charge is 0.479 e. The lowest BCUT2D eigenvalue weighted by atomic mass is 10.4. The van der Waals surface area contributed by atoms with Crippen molar-refractivity contribution in [3.8, 4) is 5.88 Å². The predicted octanol–water partition coefficient (Wildman–Crippen LogP) is 1.68. The van der Waals surface area contributed by atoms with E-state index in [2.05, 4.69) is 16.9 Å². The van der Waals surface area contributed by atoms with E-state index >= 15 is 0 Å². The Labute approximate surface area is 102 Å². The van der Waals surface area contributed by atoms with Crippen LogP contribution in [-0.4, -0.2) is 31.9 Å². The first-order valence-corrected chi connectivity index (χ1v) is 5.51. The van der Waals surface area contributed by atoms with Crippen LogP contribution < -0.4 is 15.8 Å². The average Bonchev–Trinajstić information content (AvgIpc) is 2.35. The van der Waals surface area contributed by atoms with E-state index in [0.717, 1.165) is 12.2 Å². The summed E-state index contributed by atoms with van der Waals surface area (Å²) in [6.45, 7) is 5.64. The third-order valence-electron chi connectivity index (χ3n) is 2.10. The van der Waals surface area contributed by atoms with Crippen LogP contribution in [0.25, 0.3) is 0 Å². The van der Waals surface area contributed by atoms with Crippen LogP contribution >= 0.6 is 0 Å². The first kappa shape index (κ1) is 13.3. The van der Waals surface area contributed by atoms with Gasteiger partial charge in [-0.15, -0.1) is 6.58 Å². The van der Waals surface area contributed by atoms with Gasteiger partial charge in [0.15, 0.2) is 0 Å². The van der Waals surface area contributed by atoms with E-state index in [1.165, 1.54) is 0 Å². The quantitative estimate of drug-likeness (QED) is 0.531. The van der Waals surface area contributed by atoms with Gasteiger partial charge in [0.2, 0.25) is 5.88 Å². The smallest absolute Gasteiger partial charge is 0.238 e. The summed E-state index contributed by atoms with van der Waals surface area (Å²) in [6, 6.07) is 3.56. The second kappa shape index (κ2) is 7.51. The molecule has 0 fully saturated rings. The van der Waals surface area contributed by atoms with Gasteiger partial charge in [0.1, 0.15) is 5.82 Å². The Bertz CT molecular complexity index is 356. The Kier molecular flexibility index (Phi) is 5.88. The first-order valence-electron chi connectivity index (χ1n) is 5.51. The molecule has 0 unspecified atom stereocenters. The molecule has 0 atom stereocenters. The van der Waals surface area contributed by atoms with Crippen molar-refractivity contribution in [3.63, 3.8) is 0 Å². The van der Waals surface area contributed by atoms with E-state index in [9.17, 15) is 0 Å². The van der Waals surface area contributed by atoms with E-state index in [1.807, 2.05) is 12.1 Å². The highest BCUT2D eigenvalue weighted by Crippen LogP contribution is 2.19. The number of hydrogen-bond donors (Lipinski definition) is 2. The van der Waals surface area contributed by atoms with Gasteiger partial charge in [-0.1, -0.05) is 6.08 Å². The molecule has 1 rings (SSSR count). The number of nitrogen functional groups attached to an aromatic ring is 1. The molecule has 0 radical (unpaired) electrons. The van der Waals surface area contributed by atoms with Crippen molar-refractivity contribution < 1.29 is 9.47 Å². The van der Waals surface area contributed by atoms with Crippen molar-refractivity contribution in [2.24, 2.45) is 0 Å². The predicted molar refractivity (Wildman–Crippen MR) is 69.3 cm³/mol. The lowest BCUT2D eigenvalue weighted by Gasteiger charge is -2.08. The maximum Gasteiger partial charge on any atom is 0.238 e. The number of hydrogen-bond acceptors (Lipinski definition) is 5. The summed E-state index contributed by atoms with van der Waals surface area (Å²) in [7, 11) is 1.54. The summed E-state index contributed by atoms with van der Waals surface area (Å²) < 4.78 is 10.4. The third kappa shape index (κ3) is 4.74. The van der Waals surface area contributed by atoms with Crippen molar-refractivity contribution in [3.05, 3.63) is 24.8 Å². The molecule has 94 valence electrons. The molecule has 3 N–H and O–H groups in total. The SMILES string of the molecule is C=CCCOCCNc1ccc(N)c(OC)n1. The number of nitrogens with two attached hydrogens (primary N) is 1. The third-order valence-corrected chi connectivity index (χ3v) is 2.10. The topological polar surface area (TPSA) is 69.4 Å². The molecule has 0 bridgehead atoms. The number of nitrogens with zero attached hydrogens (tertiary/aromatic N) is 1. The van der Waals surface area contributed by atoms with Crippen LogP contribution in [0.15, 0.2) is 24.8 Å². The second-order valence-electron chi connectivity index (χ2n) is 3.41. The number of ether oxygens (including phenoxy) is 2. The zero-order chi connectivity index (χ0) is 12.5. The maximum absolute atomic E-state index is 5.66. The van der Waals surface area contributed by atoms with E-state index in [1.54, 1.807) is 13.2 Å². The van der Waals surface area contributed by atoms with Crippen LogP contribution in [0.4, 0.5) is 11.5 Å². The Balaban J connectivity index is 2.29. The zero-order valence-electron chi connectivity index (χ0n) is 10.1. The van der Waals surface area contributed by atoms with Crippen molar-refractivity contribution in [2.45, 2.75) is 6.42 Å². The van der Waals surface area contributed by atoms with Gasteiger partial charge in [-0.3, -0.25) is 0 Å². The second-order valence-corrected chi connectivity index (χ2v) is 3.41. The van der Waals surface area contributed by atoms with Gasteiger partial charge in [-0.05, 0) is 18.6 Å². The fraction of sp³-hybridized carbons (Fsp3) is 0.417. The van der Waals surface area contributed by atoms with Gasteiger partial charge in [0, 0.05) is 6.54 Å². The van der Waals surface area contributed by atoms with Crippen LogP contribution in [0.5, 0.6) is 5.88 Å². The Hall–Kier alpha value is -1.75. The van der Waals surface area contributed by atoms with Gasteiger partial charge >= 0.3 is 0 Å². The molecule has 0 aromatic carbocycles. The monoisotopic (exact) mass is 237 g/mol. The average molecular weight is 237 g/mol. The van der Waals surface area contributed by atoms with Crippen molar-refractivity contribution in [1.29, 1.82) is 0 Å². The molecular weight excluding hydrogens is 218 g/mol. The summed E-state index contributed by atoms with van der Waals surface area (Å²) >= 11 is 0. The molecule has 17 heavy (non-hydrogen) atoms. The fourth-order valence-corrected chi connectivity index (χ4v) is 1.23. The number of anilines is 2. The molecular formula is C12H19N3O2. The summed E-state index contributed by atoms with van der Waals surface area (Å²) in [6.07, 6.45) is 2.70. The van der Waals surface area contributed by atoms with Crippen molar-refractivity contribution in [2.75, 3.05) is 37.9 Å². The number of methoxy groups -OCH3 is 1. The molecule has 5 nitrogen and oxygen atoms in total. The van der Waals surface area contributed by atoms with Crippen molar-refractivity contribution >= 4 is 11.5 Å². The lowest BCUT2D eigenvalue weighted by molar-refractivity contribution is 0.149. The lowest BCUT2D eigenvalue weighted by Crippen LogP contribution is -2.11. The standard InChI is InChI=1S/C12H19N3O2/c1-3-4-8-17-9-7-14-11-6-5-10(13)12(15-11)16-2/h3,5-6H,1,4,7-9,13H2,2H3,(H,14,15). The van der Waals surface area contributed by atoms with Crippen LogP contribution in [0.2, 0.25) is 0 Å². The van der Waals surface area contributed by atoms with E-state index in [0.29, 0.717) is 31.3 Å². The first-order chi connectivity index (χ1) is 8.27.